The molecule has 1 aliphatic carbocycles. The quantitative estimate of drug-likeness (QED) is 0.143. The van der Waals surface area contributed by atoms with Crippen LogP contribution in [0, 0.1) is 16.8 Å². The zero-order chi connectivity index (χ0) is 34.5. The third-order valence-electron chi connectivity index (χ3n) is 8.92. The highest BCUT2D eigenvalue weighted by molar-refractivity contribution is 6.09. The van der Waals surface area contributed by atoms with E-state index < -0.39 is 11.4 Å². The van der Waals surface area contributed by atoms with Crippen LogP contribution in [0.5, 0.6) is 11.5 Å². The number of carbonyl (C=O) groups is 1. The van der Waals surface area contributed by atoms with Gasteiger partial charge in [0.1, 0.15) is 36.2 Å². The molecule has 3 unspecified atom stereocenters. The van der Waals surface area contributed by atoms with Crippen LogP contribution in [0.3, 0.4) is 0 Å². The molecule has 2 aliphatic heterocycles. The van der Waals surface area contributed by atoms with Crippen LogP contribution in [0.2, 0.25) is 0 Å². The van der Waals surface area contributed by atoms with Gasteiger partial charge < -0.3 is 30.0 Å². The minimum atomic E-state index is -0.393. The Balaban J connectivity index is 1.17. The number of pyridine rings is 1. The molecule has 3 heterocycles. The first-order chi connectivity index (χ1) is 23.6. The second kappa shape index (κ2) is 14.8. The summed E-state index contributed by atoms with van der Waals surface area (Å²) in [5.41, 5.74) is 3.55. The van der Waals surface area contributed by atoms with Crippen LogP contribution in [-0.2, 0) is 4.74 Å². The molecule has 1 fully saturated rings. The zero-order valence-electron chi connectivity index (χ0n) is 28.6. The van der Waals surface area contributed by atoms with Gasteiger partial charge >= 0.3 is 12.0 Å². The number of amides is 2. The van der Waals surface area contributed by atoms with E-state index in [0.29, 0.717) is 49.0 Å². The van der Waals surface area contributed by atoms with Gasteiger partial charge in [0.25, 0.3) is 0 Å². The van der Waals surface area contributed by atoms with Crippen molar-refractivity contribution in [2.24, 2.45) is 15.4 Å². The molecule has 0 spiro atoms. The van der Waals surface area contributed by atoms with Gasteiger partial charge in [0.05, 0.1) is 44.1 Å². The fourth-order valence-electron chi connectivity index (χ4n) is 6.15. The summed E-state index contributed by atoms with van der Waals surface area (Å²) >= 11 is 0. The summed E-state index contributed by atoms with van der Waals surface area (Å²) in [4.78, 5) is 25.2. The molecule has 49 heavy (non-hydrogen) atoms. The largest absolute Gasteiger partial charge is 0.491 e. The Labute approximate surface area is 286 Å². The van der Waals surface area contributed by atoms with Gasteiger partial charge in [-0.1, -0.05) is 56.1 Å². The zero-order valence-corrected chi connectivity index (χ0v) is 28.6. The summed E-state index contributed by atoms with van der Waals surface area (Å²) < 4.78 is 19.8. The summed E-state index contributed by atoms with van der Waals surface area (Å²) in [5.74, 6) is 2.59. The van der Waals surface area contributed by atoms with Gasteiger partial charge in [0, 0.05) is 24.3 Å². The highest BCUT2D eigenvalue weighted by atomic mass is 16.5. The van der Waals surface area contributed by atoms with E-state index in [-0.39, 0.29) is 37.8 Å². The first-order valence-electron chi connectivity index (χ1n) is 16.9. The van der Waals surface area contributed by atoms with Gasteiger partial charge in [0.2, 0.25) is 5.49 Å². The second-order valence-electron chi connectivity index (χ2n) is 13.6. The van der Waals surface area contributed by atoms with Crippen molar-refractivity contribution in [3.63, 3.8) is 0 Å². The van der Waals surface area contributed by atoms with Crippen LogP contribution in [0.1, 0.15) is 70.2 Å². The average molecular weight is 669 g/mol. The lowest BCUT2D eigenvalue weighted by molar-refractivity contribution is -0.579. The van der Waals surface area contributed by atoms with Crippen molar-refractivity contribution in [2.45, 2.75) is 65.1 Å². The Bertz CT molecular complexity index is 1850. The summed E-state index contributed by atoms with van der Waals surface area (Å²) in [5, 5.41) is 23.9. The van der Waals surface area contributed by atoms with Crippen molar-refractivity contribution in [1.29, 1.82) is 5.41 Å². The number of aliphatic hydroxyl groups excluding tert-OH is 1. The Morgan fingerprint density at radius 2 is 1.94 bits per heavy atom. The average Bonchev–Trinajstić information content (AvgIpc) is 3.06. The summed E-state index contributed by atoms with van der Waals surface area (Å²) in [6.45, 7) is 10.3. The van der Waals surface area contributed by atoms with Crippen LogP contribution >= 0.6 is 0 Å². The lowest BCUT2D eigenvalue weighted by Gasteiger charge is -2.32. The molecule has 2 aromatic carbocycles. The lowest BCUT2D eigenvalue weighted by Crippen LogP contribution is -2.57. The number of nitrogens with zero attached hydrogens (tertiary/aromatic N) is 4. The van der Waals surface area contributed by atoms with Crippen LogP contribution in [0.25, 0.3) is 0 Å². The van der Waals surface area contributed by atoms with E-state index in [1.807, 2.05) is 57.3 Å². The van der Waals surface area contributed by atoms with Gasteiger partial charge in [-0.15, -0.1) is 0 Å². The predicted octanol–water partition coefficient (Wildman–Crippen LogP) is 4.43. The molecule has 0 saturated carbocycles. The number of aliphatic hydroxyl groups is 1. The number of ether oxygens (including phenoxy) is 3. The monoisotopic (exact) mass is 668 g/mol. The van der Waals surface area contributed by atoms with Crippen molar-refractivity contribution in [3.05, 3.63) is 89.4 Å². The Morgan fingerprint density at radius 1 is 1.12 bits per heavy atom. The molecule has 2 amide bonds. The SMILES string of the molecule is CC1COCCN1C1=[n+]2cc(OC3CCC(NC(=O)NC(CC(=N)C(C)(C)C)=Nc4cccc(OCCO)c4)c4ccccc43)ccc2=N1. The van der Waals surface area contributed by atoms with Crippen LogP contribution < -0.4 is 29.8 Å². The van der Waals surface area contributed by atoms with Crippen LogP contribution in [0.4, 0.5) is 10.5 Å². The first kappa shape index (κ1) is 34.1. The van der Waals surface area contributed by atoms with E-state index in [1.54, 1.807) is 24.3 Å². The number of fused-ring (bicyclic) bond motifs is 2. The molecule has 3 aromatic rings. The number of aliphatic imine (C=N–C) groups is 1. The van der Waals surface area contributed by atoms with Crippen molar-refractivity contribution >= 4 is 23.3 Å². The maximum atomic E-state index is 13.5. The maximum Gasteiger partial charge on any atom is 0.357 e. The summed E-state index contributed by atoms with van der Waals surface area (Å²) in [6.07, 6.45) is 3.39. The Morgan fingerprint density at radius 3 is 2.71 bits per heavy atom. The van der Waals surface area contributed by atoms with Gasteiger partial charge in [0.15, 0.2) is 0 Å². The number of morpholine rings is 1. The molecule has 4 N–H and O–H groups in total. The number of amidine groups is 1. The highest BCUT2D eigenvalue weighted by Gasteiger charge is 2.33. The Hall–Kier alpha value is -4.81. The third-order valence-corrected chi connectivity index (χ3v) is 8.92. The fourth-order valence-corrected chi connectivity index (χ4v) is 6.15. The van der Waals surface area contributed by atoms with Crippen molar-refractivity contribution in [2.75, 3.05) is 33.0 Å². The number of hydrogen-bond acceptors (Lipinski definition) is 9. The number of urea groups is 1. The van der Waals surface area contributed by atoms with Gasteiger partial charge in [-0.25, -0.2) is 9.79 Å². The topological polar surface area (TPSA) is 147 Å². The maximum absolute atomic E-state index is 13.5. The fraction of sp³-hybridized carbons (Fsp3) is 0.432. The number of nitrogens with one attached hydrogen (secondary N) is 3. The molecule has 0 bridgehead atoms. The smallest absolute Gasteiger partial charge is 0.357 e. The van der Waals surface area contributed by atoms with Gasteiger partial charge in [-0.05, 0) is 54.5 Å². The second-order valence-corrected chi connectivity index (χ2v) is 13.6. The minimum Gasteiger partial charge on any atom is -0.491 e. The molecule has 1 aromatic heterocycles. The molecular weight excluding hydrogens is 622 g/mol. The van der Waals surface area contributed by atoms with E-state index >= 15 is 0 Å². The number of hydrogen-bond donors (Lipinski definition) is 4. The third kappa shape index (κ3) is 8.09. The summed E-state index contributed by atoms with van der Waals surface area (Å²) in [6, 6.07) is 18.7. The highest BCUT2D eigenvalue weighted by Crippen LogP contribution is 2.38. The van der Waals surface area contributed by atoms with E-state index in [4.69, 9.17) is 34.7 Å². The lowest BCUT2D eigenvalue weighted by atomic mass is 9.85. The normalized spacial score (nSPS) is 20.3. The van der Waals surface area contributed by atoms with E-state index in [9.17, 15) is 4.79 Å². The van der Waals surface area contributed by atoms with E-state index in [1.165, 1.54) is 0 Å². The number of aromatic nitrogens is 1. The van der Waals surface area contributed by atoms with Crippen molar-refractivity contribution in [1.82, 2.24) is 15.5 Å². The molecule has 6 rings (SSSR count). The standard InChI is InChI=1S/C37H45N7O5/c1-24-23-47-18-16-43(24)36-42-34-15-12-27(22-44(34)36)49-31-14-13-30(28-10-5-6-11-29(28)31)40-35(46)41-33(21-32(38)37(2,3)4)39-25-8-7-9-26(20-25)48-19-17-45/h5-12,15,20,22,24,30-31,38,45H,13-14,16-19,21,23H2,1-4H3,(H-,39,40,41,46)/p+1. The number of benzene rings is 2. The molecule has 1 saturated heterocycles. The minimum absolute atomic E-state index is 0.0988. The van der Waals surface area contributed by atoms with Crippen molar-refractivity contribution in [3.8, 4) is 11.5 Å². The molecule has 12 nitrogen and oxygen atoms in total. The molecule has 0 radical (unpaired) electrons. The molecule has 12 heteroatoms. The summed E-state index contributed by atoms with van der Waals surface area (Å²) in [7, 11) is 0. The van der Waals surface area contributed by atoms with E-state index in [0.717, 1.165) is 34.9 Å². The molecule has 3 atom stereocenters. The van der Waals surface area contributed by atoms with Gasteiger partial charge in [-0.3, -0.25) is 10.2 Å². The first-order valence-corrected chi connectivity index (χ1v) is 16.9. The number of carbonyl (C=O) groups excluding carboxylic acids is 1. The molecule has 3 aliphatic rings. The van der Waals surface area contributed by atoms with Gasteiger partial charge in [-0.2, -0.15) is 4.24 Å². The van der Waals surface area contributed by atoms with Crippen LogP contribution in [-0.4, -0.2) is 66.6 Å². The van der Waals surface area contributed by atoms with Crippen LogP contribution in [0.15, 0.2) is 76.8 Å². The van der Waals surface area contributed by atoms with E-state index in [2.05, 4.69) is 32.8 Å². The van der Waals surface area contributed by atoms with Crippen molar-refractivity contribution < 1.29 is 28.4 Å². The predicted molar refractivity (Wildman–Crippen MR) is 185 cm³/mol. The number of rotatable bonds is 10. The Kier molecular flexibility index (Phi) is 10.3. The molecule has 258 valence electrons. The molecular formula is C37H46N7O5+.